The van der Waals surface area contributed by atoms with E-state index in [0.717, 1.165) is 32.4 Å². The first-order valence-electron chi connectivity index (χ1n) is 6.93. The molecule has 0 atom stereocenters. The summed E-state index contributed by atoms with van der Waals surface area (Å²) in [5, 5.41) is 11.3. The highest BCUT2D eigenvalue weighted by Crippen LogP contribution is 2.38. The molecule has 0 aromatic heterocycles. The zero-order valence-corrected chi connectivity index (χ0v) is 12.1. The number of nitrogen functional groups attached to an aromatic ring is 1. The molecule has 1 heterocycles. The number of para-hydroxylation sites is 1. The predicted molar refractivity (Wildman–Crippen MR) is 80.8 cm³/mol. The summed E-state index contributed by atoms with van der Waals surface area (Å²) < 4.78 is 0. The molecule has 0 saturated carbocycles. The average molecular weight is 278 g/mol. The molecule has 6 nitrogen and oxygen atoms in total. The number of nitro benzene ring substituents is 1. The third-order valence-electron chi connectivity index (χ3n) is 4.03. The zero-order chi connectivity index (χ0) is 14.8. The van der Waals surface area contributed by atoms with E-state index in [2.05, 4.69) is 24.2 Å². The van der Waals surface area contributed by atoms with Crippen molar-refractivity contribution in [2.75, 3.05) is 23.4 Å². The molecule has 0 spiro atoms. The minimum absolute atomic E-state index is 0.0645. The molecule has 1 aliphatic rings. The normalized spacial score (nSPS) is 18.4. The van der Waals surface area contributed by atoms with Gasteiger partial charge in [0.1, 0.15) is 11.4 Å². The van der Waals surface area contributed by atoms with Gasteiger partial charge in [0.2, 0.25) is 0 Å². The Bertz CT molecular complexity index is 502. The van der Waals surface area contributed by atoms with E-state index in [1.807, 2.05) is 0 Å². The lowest BCUT2D eigenvalue weighted by atomic mass is 9.85. The van der Waals surface area contributed by atoms with E-state index in [4.69, 9.17) is 5.84 Å². The summed E-state index contributed by atoms with van der Waals surface area (Å²) in [5.41, 5.74) is 3.80. The zero-order valence-electron chi connectivity index (χ0n) is 12.1. The largest absolute Gasteiger partial charge is 0.366 e. The Hall–Kier alpha value is -1.82. The van der Waals surface area contributed by atoms with Crippen LogP contribution in [0.1, 0.15) is 33.1 Å². The Kier molecular flexibility index (Phi) is 4.13. The monoisotopic (exact) mass is 278 g/mol. The van der Waals surface area contributed by atoms with Gasteiger partial charge in [-0.2, -0.15) is 0 Å². The number of hydrogen-bond acceptors (Lipinski definition) is 5. The lowest BCUT2D eigenvalue weighted by molar-refractivity contribution is -0.383. The fourth-order valence-corrected chi connectivity index (χ4v) is 2.76. The molecular formula is C14H22N4O2. The number of rotatable bonds is 3. The van der Waals surface area contributed by atoms with Crippen molar-refractivity contribution in [3.05, 3.63) is 28.3 Å². The van der Waals surface area contributed by atoms with E-state index in [1.54, 1.807) is 18.2 Å². The van der Waals surface area contributed by atoms with Crippen molar-refractivity contribution in [1.82, 2.24) is 0 Å². The Morgan fingerprint density at radius 1 is 1.35 bits per heavy atom. The van der Waals surface area contributed by atoms with Crippen LogP contribution in [0, 0.1) is 15.5 Å². The van der Waals surface area contributed by atoms with Crippen molar-refractivity contribution in [1.29, 1.82) is 0 Å². The van der Waals surface area contributed by atoms with E-state index in [1.165, 1.54) is 0 Å². The average Bonchev–Trinajstić information content (AvgIpc) is 2.58. The number of nitrogens with zero attached hydrogens (tertiary/aromatic N) is 2. The molecular weight excluding hydrogens is 256 g/mol. The maximum Gasteiger partial charge on any atom is 0.316 e. The molecule has 0 radical (unpaired) electrons. The SMILES string of the molecule is CC1(C)CCCN(c2cccc(NN)c2[N+](=O)[O-])CC1. The topological polar surface area (TPSA) is 84.4 Å². The third-order valence-corrected chi connectivity index (χ3v) is 4.03. The fraction of sp³-hybridized carbons (Fsp3) is 0.571. The van der Waals surface area contributed by atoms with Crippen LogP contribution in [-0.4, -0.2) is 18.0 Å². The Morgan fingerprint density at radius 2 is 2.10 bits per heavy atom. The van der Waals surface area contributed by atoms with E-state index < -0.39 is 0 Å². The lowest BCUT2D eigenvalue weighted by Crippen LogP contribution is -2.26. The number of nitro groups is 1. The van der Waals surface area contributed by atoms with Gasteiger partial charge >= 0.3 is 5.69 Å². The van der Waals surface area contributed by atoms with Crippen LogP contribution in [0.15, 0.2) is 18.2 Å². The van der Waals surface area contributed by atoms with Gasteiger partial charge in [0, 0.05) is 13.1 Å². The first-order valence-corrected chi connectivity index (χ1v) is 6.93. The van der Waals surface area contributed by atoms with Gasteiger partial charge in [0.15, 0.2) is 0 Å². The first kappa shape index (κ1) is 14.6. The highest BCUT2D eigenvalue weighted by molar-refractivity contribution is 5.76. The minimum Gasteiger partial charge on any atom is -0.366 e. The van der Waals surface area contributed by atoms with Crippen LogP contribution in [0.2, 0.25) is 0 Å². The molecule has 1 aliphatic heterocycles. The predicted octanol–water partition coefficient (Wildman–Crippen LogP) is 2.90. The quantitative estimate of drug-likeness (QED) is 0.504. The molecule has 20 heavy (non-hydrogen) atoms. The van der Waals surface area contributed by atoms with Gasteiger partial charge in [-0.05, 0) is 36.8 Å². The molecule has 0 aliphatic carbocycles. The van der Waals surface area contributed by atoms with Crippen molar-refractivity contribution >= 4 is 17.1 Å². The van der Waals surface area contributed by atoms with E-state index in [-0.39, 0.29) is 10.6 Å². The van der Waals surface area contributed by atoms with Gasteiger partial charge in [-0.1, -0.05) is 19.9 Å². The second-order valence-electron chi connectivity index (χ2n) is 6.08. The summed E-state index contributed by atoms with van der Waals surface area (Å²) in [6.07, 6.45) is 3.22. The maximum atomic E-state index is 11.3. The number of hydrazine groups is 1. The lowest BCUT2D eigenvalue weighted by Gasteiger charge is -2.25. The summed E-state index contributed by atoms with van der Waals surface area (Å²) in [4.78, 5) is 13.1. The highest BCUT2D eigenvalue weighted by Gasteiger charge is 2.28. The Labute approximate surface area is 119 Å². The molecule has 0 amide bonds. The molecule has 1 aromatic carbocycles. The van der Waals surface area contributed by atoms with Crippen LogP contribution in [0.5, 0.6) is 0 Å². The molecule has 0 unspecified atom stereocenters. The molecule has 6 heteroatoms. The summed E-state index contributed by atoms with van der Waals surface area (Å²) in [6.45, 7) is 6.19. The second kappa shape index (κ2) is 5.66. The number of hydrogen-bond donors (Lipinski definition) is 2. The molecule has 1 aromatic rings. The van der Waals surface area contributed by atoms with Gasteiger partial charge in [0.25, 0.3) is 0 Å². The van der Waals surface area contributed by atoms with Crippen molar-refractivity contribution < 1.29 is 4.92 Å². The van der Waals surface area contributed by atoms with Crippen LogP contribution in [0.3, 0.4) is 0 Å². The summed E-state index contributed by atoms with van der Waals surface area (Å²) in [7, 11) is 0. The van der Waals surface area contributed by atoms with Crippen LogP contribution in [0.25, 0.3) is 0 Å². The Morgan fingerprint density at radius 3 is 2.75 bits per heavy atom. The van der Waals surface area contributed by atoms with E-state index in [9.17, 15) is 10.1 Å². The molecule has 1 fully saturated rings. The van der Waals surface area contributed by atoms with Crippen LogP contribution in [0.4, 0.5) is 17.1 Å². The van der Waals surface area contributed by atoms with Gasteiger partial charge in [-0.15, -0.1) is 0 Å². The number of benzene rings is 1. The standard InChI is InChI=1S/C14H22N4O2/c1-14(2)7-4-9-17(10-8-14)12-6-3-5-11(16-15)13(12)18(19)20/h3,5-6,16H,4,7-10,15H2,1-2H3. The van der Waals surface area contributed by atoms with Crippen molar-refractivity contribution in [3.63, 3.8) is 0 Å². The van der Waals surface area contributed by atoms with Crippen LogP contribution in [-0.2, 0) is 0 Å². The summed E-state index contributed by atoms with van der Waals surface area (Å²) in [6, 6.07) is 5.23. The molecule has 2 rings (SSSR count). The number of nitrogens with one attached hydrogen (secondary N) is 1. The number of nitrogens with two attached hydrogens (primary N) is 1. The minimum atomic E-state index is -0.361. The van der Waals surface area contributed by atoms with Gasteiger partial charge < -0.3 is 10.3 Å². The summed E-state index contributed by atoms with van der Waals surface area (Å²) >= 11 is 0. The molecule has 3 N–H and O–H groups in total. The van der Waals surface area contributed by atoms with Gasteiger partial charge in [-0.25, -0.2) is 0 Å². The van der Waals surface area contributed by atoms with Crippen molar-refractivity contribution in [2.45, 2.75) is 33.1 Å². The maximum absolute atomic E-state index is 11.3. The van der Waals surface area contributed by atoms with E-state index >= 15 is 0 Å². The van der Waals surface area contributed by atoms with E-state index in [0.29, 0.717) is 16.8 Å². The third kappa shape index (κ3) is 3.01. The van der Waals surface area contributed by atoms with Gasteiger partial charge in [-0.3, -0.25) is 16.0 Å². The van der Waals surface area contributed by atoms with Crippen LogP contribution < -0.4 is 16.2 Å². The van der Waals surface area contributed by atoms with Crippen molar-refractivity contribution in [2.24, 2.45) is 11.3 Å². The molecule has 0 bridgehead atoms. The molecule has 1 saturated heterocycles. The summed E-state index contributed by atoms with van der Waals surface area (Å²) in [5.74, 6) is 5.39. The molecule has 110 valence electrons. The highest BCUT2D eigenvalue weighted by atomic mass is 16.6. The van der Waals surface area contributed by atoms with Gasteiger partial charge in [0.05, 0.1) is 4.92 Å². The Balaban J connectivity index is 2.35. The fourth-order valence-electron chi connectivity index (χ4n) is 2.76. The van der Waals surface area contributed by atoms with Crippen LogP contribution >= 0.6 is 0 Å². The van der Waals surface area contributed by atoms with Crippen molar-refractivity contribution in [3.8, 4) is 0 Å². The number of anilines is 2. The smallest absolute Gasteiger partial charge is 0.316 e. The second-order valence-corrected chi connectivity index (χ2v) is 6.08. The first-order chi connectivity index (χ1) is 9.44.